The summed E-state index contributed by atoms with van der Waals surface area (Å²) in [5.74, 6) is 0.296. The summed E-state index contributed by atoms with van der Waals surface area (Å²) in [5, 5.41) is 7.49. The molecule has 0 spiro atoms. The second kappa shape index (κ2) is 6.94. The largest absolute Gasteiger partial charge is 0.306 e. The van der Waals surface area contributed by atoms with Crippen LogP contribution in [-0.2, 0) is 12.8 Å². The highest BCUT2D eigenvalue weighted by Gasteiger charge is 2.20. The summed E-state index contributed by atoms with van der Waals surface area (Å²) in [4.78, 5) is 32.3. The first kappa shape index (κ1) is 17.9. The summed E-state index contributed by atoms with van der Waals surface area (Å²) in [6.45, 7) is 1.80. The number of benzene rings is 1. The molecule has 0 saturated heterocycles. The Hall–Kier alpha value is -2.45. The smallest absolute Gasteiger partial charge is 0.258 e. The van der Waals surface area contributed by atoms with Gasteiger partial charge < -0.3 is 5.32 Å². The number of anilines is 1. The van der Waals surface area contributed by atoms with Crippen LogP contribution in [0, 0.1) is 6.92 Å². The van der Waals surface area contributed by atoms with Gasteiger partial charge in [0.15, 0.2) is 0 Å². The summed E-state index contributed by atoms with van der Waals surface area (Å²) in [7, 11) is 0. The van der Waals surface area contributed by atoms with E-state index in [1.807, 2.05) is 0 Å². The van der Waals surface area contributed by atoms with Gasteiger partial charge in [-0.2, -0.15) is 9.78 Å². The Morgan fingerprint density at radius 3 is 2.96 bits per heavy atom. The van der Waals surface area contributed by atoms with Gasteiger partial charge in [-0.05, 0) is 44.4 Å². The predicted octanol–water partition coefficient (Wildman–Crippen LogP) is 3.42. The molecule has 9 heteroatoms. The molecule has 1 aromatic carbocycles. The fourth-order valence-electron chi connectivity index (χ4n) is 3.13. The van der Waals surface area contributed by atoms with E-state index in [2.05, 4.69) is 36.3 Å². The maximum Gasteiger partial charge on any atom is 0.258 e. The second-order valence-corrected chi connectivity index (χ2v) is 7.65. The molecule has 2 aromatic heterocycles. The molecular formula is C18H15BrClN5O2. The predicted molar refractivity (Wildman–Crippen MR) is 106 cm³/mol. The van der Waals surface area contributed by atoms with E-state index in [1.165, 1.54) is 4.68 Å². The Balaban J connectivity index is 1.72. The van der Waals surface area contributed by atoms with Gasteiger partial charge in [-0.1, -0.05) is 27.5 Å². The van der Waals surface area contributed by atoms with Crippen molar-refractivity contribution >= 4 is 39.3 Å². The number of aromatic nitrogens is 4. The highest BCUT2D eigenvalue weighted by Crippen LogP contribution is 2.23. The van der Waals surface area contributed by atoms with Crippen molar-refractivity contribution in [3.8, 4) is 5.95 Å². The van der Waals surface area contributed by atoms with Gasteiger partial charge >= 0.3 is 0 Å². The molecule has 0 saturated carbocycles. The quantitative estimate of drug-likeness (QED) is 0.642. The standard InChI is InChI=1S/C18H15BrClN5O2/c1-9-7-15(22-17(27)12-8-10(19)5-6-13(12)20)25(24-9)18-21-14-4-2-3-11(14)16(26)23-18/h5-8H,2-4H2,1H3,(H,22,27)(H,21,23,26). The zero-order valence-electron chi connectivity index (χ0n) is 14.3. The molecule has 1 aliphatic rings. The third kappa shape index (κ3) is 3.42. The van der Waals surface area contributed by atoms with E-state index in [1.54, 1.807) is 31.2 Å². The van der Waals surface area contributed by atoms with Crippen molar-refractivity contribution in [2.24, 2.45) is 0 Å². The lowest BCUT2D eigenvalue weighted by molar-refractivity contribution is 0.102. The minimum Gasteiger partial charge on any atom is -0.306 e. The van der Waals surface area contributed by atoms with Gasteiger partial charge in [0, 0.05) is 16.1 Å². The monoisotopic (exact) mass is 447 g/mol. The maximum atomic E-state index is 12.7. The molecule has 1 amide bonds. The summed E-state index contributed by atoms with van der Waals surface area (Å²) in [6.07, 6.45) is 2.42. The van der Waals surface area contributed by atoms with Crippen LogP contribution < -0.4 is 10.9 Å². The molecule has 2 N–H and O–H groups in total. The topological polar surface area (TPSA) is 92.7 Å². The third-order valence-corrected chi connectivity index (χ3v) is 5.20. The Bertz CT molecular complexity index is 1120. The molecule has 3 aromatic rings. The van der Waals surface area contributed by atoms with Gasteiger partial charge in [-0.15, -0.1) is 0 Å². The zero-order valence-corrected chi connectivity index (χ0v) is 16.7. The number of nitrogens with zero attached hydrogens (tertiary/aromatic N) is 3. The van der Waals surface area contributed by atoms with Gasteiger partial charge in [0.25, 0.3) is 11.5 Å². The summed E-state index contributed by atoms with van der Waals surface area (Å²) in [6, 6.07) is 6.74. The van der Waals surface area contributed by atoms with Crippen LogP contribution in [0.15, 0.2) is 33.5 Å². The minimum absolute atomic E-state index is 0.159. The van der Waals surface area contributed by atoms with Crippen molar-refractivity contribution in [3.05, 3.63) is 66.6 Å². The SMILES string of the molecule is Cc1cc(NC(=O)c2cc(Br)ccc2Cl)n(-c2nc3c(c(=O)[nH]2)CCC3)n1. The highest BCUT2D eigenvalue weighted by atomic mass is 79.9. The second-order valence-electron chi connectivity index (χ2n) is 6.33. The fourth-order valence-corrected chi connectivity index (χ4v) is 3.70. The molecule has 0 atom stereocenters. The molecule has 7 nitrogen and oxygen atoms in total. The average molecular weight is 449 g/mol. The number of halogens is 2. The van der Waals surface area contributed by atoms with E-state index < -0.39 is 0 Å². The number of hydrogen-bond acceptors (Lipinski definition) is 4. The normalized spacial score (nSPS) is 12.9. The first-order chi connectivity index (χ1) is 12.9. The Morgan fingerprint density at radius 1 is 1.33 bits per heavy atom. The Kier molecular flexibility index (Phi) is 4.61. The number of amides is 1. The number of nitrogens with one attached hydrogen (secondary N) is 2. The van der Waals surface area contributed by atoms with E-state index in [-0.39, 0.29) is 17.4 Å². The van der Waals surface area contributed by atoms with Crippen molar-refractivity contribution in [1.29, 1.82) is 0 Å². The van der Waals surface area contributed by atoms with Crippen molar-refractivity contribution in [2.45, 2.75) is 26.2 Å². The van der Waals surface area contributed by atoms with Crippen LogP contribution >= 0.6 is 27.5 Å². The van der Waals surface area contributed by atoms with E-state index in [0.29, 0.717) is 22.1 Å². The third-order valence-electron chi connectivity index (χ3n) is 4.38. The lowest BCUT2D eigenvalue weighted by atomic mass is 10.2. The van der Waals surface area contributed by atoms with Crippen LogP contribution in [0.4, 0.5) is 5.82 Å². The van der Waals surface area contributed by atoms with Crippen LogP contribution in [0.1, 0.15) is 33.7 Å². The molecular weight excluding hydrogens is 434 g/mol. The van der Waals surface area contributed by atoms with Crippen molar-refractivity contribution in [3.63, 3.8) is 0 Å². The molecule has 0 fully saturated rings. The number of aromatic amines is 1. The van der Waals surface area contributed by atoms with Crippen LogP contribution in [0.5, 0.6) is 0 Å². The van der Waals surface area contributed by atoms with Crippen molar-refractivity contribution in [2.75, 3.05) is 5.32 Å². The van der Waals surface area contributed by atoms with Gasteiger partial charge in [-0.25, -0.2) is 4.98 Å². The molecule has 0 aliphatic heterocycles. The van der Waals surface area contributed by atoms with E-state index in [4.69, 9.17) is 11.6 Å². The number of H-pyrrole nitrogens is 1. The molecule has 0 unspecified atom stereocenters. The molecule has 1 aliphatic carbocycles. The number of aryl methyl sites for hydroxylation is 2. The van der Waals surface area contributed by atoms with E-state index in [0.717, 1.165) is 35.0 Å². The fraction of sp³-hybridized carbons (Fsp3) is 0.222. The zero-order chi connectivity index (χ0) is 19.1. The molecule has 138 valence electrons. The lowest BCUT2D eigenvalue weighted by Gasteiger charge is -2.10. The van der Waals surface area contributed by atoms with Gasteiger partial charge in [0.2, 0.25) is 5.95 Å². The Labute approximate surface area is 167 Å². The molecule has 27 heavy (non-hydrogen) atoms. The van der Waals surface area contributed by atoms with E-state index >= 15 is 0 Å². The number of fused-ring (bicyclic) bond motifs is 1. The van der Waals surface area contributed by atoms with Crippen LogP contribution in [0.2, 0.25) is 5.02 Å². The Morgan fingerprint density at radius 2 is 2.15 bits per heavy atom. The average Bonchev–Trinajstić information content (AvgIpc) is 3.23. The first-order valence-electron chi connectivity index (χ1n) is 8.38. The van der Waals surface area contributed by atoms with Crippen LogP contribution in [-0.4, -0.2) is 25.7 Å². The van der Waals surface area contributed by atoms with Gasteiger partial charge in [-0.3, -0.25) is 14.6 Å². The summed E-state index contributed by atoms with van der Waals surface area (Å²) < 4.78 is 2.17. The van der Waals surface area contributed by atoms with Gasteiger partial charge in [0.1, 0.15) is 5.82 Å². The first-order valence-corrected chi connectivity index (χ1v) is 9.55. The summed E-state index contributed by atoms with van der Waals surface area (Å²) >= 11 is 9.48. The molecule has 0 radical (unpaired) electrons. The molecule has 4 rings (SSSR count). The highest BCUT2D eigenvalue weighted by molar-refractivity contribution is 9.10. The van der Waals surface area contributed by atoms with E-state index in [9.17, 15) is 9.59 Å². The number of hydrogen-bond donors (Lipinski definition) is 2. The van der Waals surface area contributed by atoms with Crippen molar-refractivity contribution in [1.82, 2.24) is 19.7 Å². The number of rotatable bonds is 3. The van der Waals surface area contributed by atoms with Crippen LogP contribution in [0.3, 0.4) is 0 Å². The minimum atomic E-state index is -0.383. The maximum absolute atomic E-state index is 12.7. The number of carbonyl (C=O) groups excluding carboxylic acids is 1. The van der Waals surface area contributed by atoms with Gasteiger partial charge in [0.05, 0.1) is 22.0 Å². The van der Waals surface area contributed by atoms with Crippen molar-refractivity contribution < 1.29 is 4.79 Å². The van der Waals surface area contributed by atoms with Crippen LogP contribution in [0.25, 0.3) is 5.95 Å². The molecule has 2 heterocycles. The number of carbonyl (C=O) groups is 1. The summed E-state index contributed by atoms with van der Waals surface area (Å²) in [5.41, 5.74) is 2.36. The lowest BCUT2D eigenvalue weighted by Crippen LogP contribution is -2.21. The molecule has 0 bridgehead atoms.